The number of unbranched alkanes of at least 4 members (excludes halogenated alkanes) is 20. The van der Waals surface area contributed by atoms with Gasteiger partial charge in [0.2, 0.25) is 0 Å². The van der Waals surface area contributed by atoms with Crippen molar-refractivity contribution < 1.29 is 58.2 Å². The van der Waals surface area contributed by atoms with Gasteiger partial charge in [0.1, 0.15) is 18.8 Å². The molecule has 6 atom stereocenters. The number of carboxylic acids is 1. The average Bonchev–Trinajstić information content (AvgIpc) is 3.35. The van der Waals surface area contributed by atoms with Crippen LogP contribution in [-0.4, -0.2) is 89.2 Å². The quantitative estimate of drug-likeness (QED) is 0.0228. The van der Waals surface area contributed by atoms with Gasteiger partial charge < -0.3 is 39.0 Å². The van der Waals surface area contributed by atoms with Gasteiger partial charge in [0.05, 0.1) is 6.61 Å². The van der Waals surface area contributed by atoms with E-state index in [0.29, 0.717) is 25.7 Å². The SMILES string of the molecule is CC/C=C\C/C=C\C/C=C\C/C=C\C/C=C\CCCC(=O)OCC(COC1OC(C(=O)O)C(O)C(O)C1OC(=O)CCCCCCCCCCCCC)OC(=O)CCCCCCC/C=C\CCCCCC. The van der Waals surface area contributed by atoms with Gasteiger partial charge in [0.15, 0.2) is 24.6 Å². The summed E-state index contributed by atoms with van der Waals surface area (Å²) in [7, 11) is 0. The Morgan fingerprint density at radius 2 is 0.901 bits per heavy atom. The Labute approximate surface area is 429 Å². The lowest BCUT2D eigenvalue weighted by Crippen LogP contribution is -2.61. The highest BCUT2D eigenvalue weighted by Gasteiger charge is 2.50. The lowest BCUT2D eigenvalue weighted by molar-refractivity contribution is -0.301. The standard InChI is InChI=1S/C59H98O12/c1-4-7-10-13-16-19-22-24-25-26-27-29-31-33-36-39-42-45-51(60)67-48-50(69-52(61)46-43-40-37-35-32-28-23-20-17-14-11-8-5-2)49-68-59-57(55(64)54(63)56(71-59)58(65)66)70-53(62)47-44-41-38-34-30-21-18-15-12-9-6-3/h7,10,16,19-20,23-25,27,29,33,36,50,54-57,59,63-64H,4-6,8-9,11-15,17-18,21-22,26,28,30-32,34-35,37-49H2,1-3H3,(H,65,66)/b10-7-,19-16-,23-20-,25-24-,29-27-,36-33-. The minimum atomic E-state index is -1.91. The number of hydrogen-bond donors (Lipinski definition) is 3. The number of allylic oxidation sites excluding steroid dienone is 12. The zero-order chi connectivity index (χ0) is 51.8. The predicted molar refractivity (Wildman–Crippen MR) is 285 cm³/mol. The second kappa shape index (κ2) is 47.2. The average molecular weight is 999 g/mol. The van der Waals surface area contributed by atoms with E-state index in [0.717, 1.165) is 96.3 Å². The molecule has 0 bridgehead atoms. The van der Waals surface area contributed by atoms with E-state index in [4.69, 9.17) is 23.7 Å². The van der Waals surface area contributed by atoms with Crippen LogP contribution in [0.5, 0.6) is 0 Å². The van der Waals surface area contributed by atoms with E-state index < -0.39 is 67.3 Å². The van der Waals surface area contributed by atoms with Crippen molar-refractivity contribution in [1.82, 2.24) is 0 Å². The molecule has 6 unspecified atom stereocenters. The van der Waals surface area contributed by atoms with Gasteiger partial charge in [-0.3, -0.25) is 14.4 Å². The third-order valence-electron chi connectivity index (χ3n) is 12.3. The van der Waals surface area contributed by atoms with E-state index in [1.54, 1.807) is 0 Å². The first kappa shape index (κ1) is 65.2. The van der Waals surface area contributed by atoms with Gasteiger partial charge in [-0.2, -0.15) is 0 Å². The summed E-state index contributed by atoms with van der Waals surface area (Å²) in [6.45, 7) is 5.78. The van der Waals surface area contributed by atoms with E-state index in [9.17, 15) is 34.5 Å². The first-order chi connectivity index (χ1) is 34.6. The van der Waals surface area contributed by atoms with Gasteiger partial charge in [-0.25, -0.2) is 4.79 Å². The summed E-state index contributed by atoms with van der Waals surface area (Å²) in [5.74, 6) is -3.21. The van der Waals surface area contributed by atoms with E-state index in [2.05, 4.69) is 87.6 Å². The van der Waals surface area contributed by atoms with Crippen LogP contribution in [0.2, 0.25) is 0 Å². The third-order valence-corrected chi connectivity index (χ3v) is 12.3. The van der Waals surface area contributed by atoms with Crippen LogP contribution in [0.15, 0.2) is 72.9 Å². The van der Waals surface area contributed by atoms with Crippen LogP contribution < -0.4 is 0 Å². The molecule has 1 rings (SSSR count). The number of carbonyl (C=O) groups is 4. The molecule has 1 aliphatic rings. The molecule has 0 amide bonds. The molecular weight excluding hydrogens is 901 g/mol. The zero-order valence-electron chi connectivity index (χ0n) is 44.4. The van der Waals surface area contributed by atoms with Crippen molar-refractivity contribution in [2.24, 2.45) is 0 Å². The van der Waals surface area contributed by atoms with Gasteiger partial charge in [-0.15, -0.1) is 0 Å². The number of carboxylic acid groups (broad SMARTS) is 1. The zero-order valence-corrected chi connectivity index (χ0v) is 44.4. The summed E-state index contributed by atoms with van der Waals surface area (Å²) in [5.41, 5.74) is 0. The Balaban J connectivity index is 2.75. The summed E-state index contributed by atoms with van der Waals surface area (Å²) < 4.78 is 28.3. The van der Waals surface area contributed by atoms with Gasteiger partial charge in [-0.05, 0) is 83.5 Å². The molecule has 1 heterocycles. The van der Waals surface area contributed by atoms with Crippen molar-refractivity contribution in [3.63, 3.8) is 0 Å². The molecule has 0 saturated carbocycles. The molecular formula is C59H98O12. The number of ether oxygens (including phenoxy) is 5. The number of rotatable bonds is 46. The van der Waals surface area contributed by atoms with Crippen LogP contribution in [0.4, 0.5) is 0 Å². The Kier molecular flexibility index (Phi) is 43.3. The number of aliphatic carboxylic acids is 1. The fraction of sp³-hybridized carbons (Fsp3) is 0.729. The van der Waals surface area contributed by atoms with Gasteiger partial charge in [0.25, 0.3) is 0 Å². The maximum absolute atomic E-state index is 13.1. The Morgan fingerprint density at radius 3 is 1.42 bits per heavy atom. The largest absolute Gasteiger partial charge is 0.479 e. The lowest BCUT2D eigenvalue weighted by atomic mass is 9.98. The molecule has 1 aliphatic heterocycles. The molecule has 0 aromatic carbocycles. The van der Waals surface area contributed by atoms with Crippen LogP contribution in [0, 0.1) is 0 Å². The van der Waals surface area contributed by atoms with Crippen molar-refractivity contribution in [2.45, 2.75) is 263 Å². The number of carbonyl (C=O) groups excluding carboxylic acids is 3. The molecule has 1 fully saturated rings. The molecule has 0 aromatic rings. The molecule has 406 valence electrons. The first-order valence-corrected chi connectivity index (χ1v) is 27.9. The van der Waals surface area contributed by atoms with Crippen LogP contribution in [0.3, 0.4) is 0 Å². The Hall–Kier alpha value is -3.84. The minimum Gasteiger partial charge on any atom is -0.479 e. The smallest absolute Gasteiger partial charge is 0.335 e. The van der Waals surface area contributed by atoms with Crippen molar-refractivity contribution in [2.75, 3.05) is 13.2 Å². The van der Waals surface area contributed by atoms with Crippen molar-refractivity contribution in [3.8, 4) is 0 Å². The predicted octanol–water partition coefficient (Wildman–Crippen LogP) is 13.8. The third kappa shape index (κ3) is 37.6. The first-order valence-electron chi connectivity index (χ1n) is 27.9. The molecule has 0 aromatic heterocycles. The van der Waals surface area contributed by atoms with Crippen LogP contribution in [0.25, 0.3) is 0 Å². The van der Waals surface area contributed by atoms with Crippen LogP contribution in [-0.2, 0) is 42.9 Å². The molecule has 3 N–H and O–H groups in total. The van der Waals surface area contributed by atoms with E-state index >= 15 is 0 Å². The Morgan fingerprint density at radius 1 is 0.479 bits per heavy atom. The fourth-order valence-electron chi connectivity index (χ4n) is 7.99. The second-order valence-electron chi connectivity index (χ2n) is 18.8. The maximum atomic E-state index is 13.1. The summed E-state index contributed by atoms with van der Waals surface area (Å²) in [5, 5.41) is 31.4. The second-order valence-corrected chi connectivity index (χ2v) is 18.8. The summed E-state index contributed by atoms with van der Waals surface area (Å²) >= 11 is 0. The number of esters is 3. The number of aliphatic hydroxyl groups excluding tert-OH is 2. The van der Waals surface area contributed by atoms with Crippen molar-refractivity contribution in [1.29, 1.82) is 0 Å². The minimum absolute atomic E-state index is 0.0545. The topological polar surface area (TPSA) is 175 Å². The lowest BCUT2D eigenvalue weighted by Gasteiger charge is -2.40. The summed E-state index contributed by atoms with van der Waals surface area (Å²) in [6, 6.07) is 0. The molecule has 0 aliphatic carbocycles. The molecule has 0 radical (unpaired) electrons. The number of hydrogen-bond acceptors (Lipinski definition) is 11. The van der Waals surface area contributed by atoms with E-state index in [1.807, 2.05) is 6.08 Å². The molecule has 71 heavy (non-hydrogen) atoms. The maximum Gasteiger partial charge on any atom is 0.335 e. The van der Waals surface area contributed by atoms with Gasteiger partial charge in [0, 0.05) is 19.3 Å². The number of aliphatic hydroxyl groups is 2. The monoisotopic (exact) mass is 999 g/mol. The Bertz CT molecular complexity index is 1510. The molecule has 0 spiro atoms. The summed E-state index contributed by atoms with van der Waals surface area (Å²) in [4.78, 5) is 50.9. The highest BCUT2D eigenvalue weighted by Crippen LogP contribution is 2.26. The van der Waals surface area contributed by atoms with Gasteiger partial charge in [-0.1, -0.05) is 196 Å². The molecule has 12 heteroatoms. The molecule has 1 saturated heterocycles. The summed E-state index contributed by atoms with van der Waals surface area (Å²) in [6.07, 6.45) is 46.0. The van der Waals surface area contributed by atoms with Crippen molar-refractivity contribution in [3.05, 3.63) is 72.9 Å². The van der Waals surface area contributed by atoms with Crippen molar-refractivity contribution >= 4 is 23.9 Å². The fourth-order valence-corrected chi connectivity index (χ4v) is 7.99. The van der Waals surface area contributed by atoms with Crippen LogP contribution >= 0.6 is 0 Å². The van der Waals surface area contributed by atoms with E-state index in [1.165, 1.54) is 64.2 Å². The van der Waals surface area contributed by atoms with Gasteiger partial charge >= 0.3 is 23.9 Å². The highest BCUT2D eigenvalue weighted by molar-refractivity contribution is 5.74. The normalized spacial score (nSPS) is 19.0. The molecule has 12 nitrogen and oxygen atoms in total. The highest BCUT2D eigenvalue weighted by atomic mass is 16.7. The van der Waals surface area contributed by atoms with E-state index in [-0.39, 0.29) is 25.9 Å². The van der Waals surface area contributed by atoms with Crippen LogP contribution in [0.1, 0.15) is 226 Å².